The van der Waals surface area contributed by atoms with Gasteiger partial charge >= 0.3 is 5.97 Å². The Bertz CT molecular complexity index is 1200. The summed E-state index contributed by atoms with van der Waals surface area (Å²) in [6.07, 6.45) is 0. The first-order valence-corrected chi connectivity index (χ1v) is 8.91. The second-order valence-electron chi connectivity index (χ2n) is 6.18. The molecule has 0 aliphatic carbocycles. The fraction of sp³-hybridized carbons (Fsp3) is 0.143. The third-order valence-electron chi connectivity index (χ3n) is 4.25. The molecule has 4 aromatic rings. The van der Waals surface area contributed by atoms with Gasteiger partial charge in [-0.1, -0.05) is 30.3 Å². The first kappa shape index (κ1) is 17.7. The molecular weight excluding hydrogens is 356 g/mol. The minimum absolute atomic E-state index is 0.189. The van der Waals surface area contributed by atoms with Gasteiger partial charge in [0.2, 0.25) is 5.91 Å². The first-order valence-electron chi connectivity index (χ1n) is 8.91. The number of carbonyl (C=O) groups is 2. The molecule has 4 rings (SSSR count). The number of ether oxygens (including phenoxy) is 1. The lowest BCUT2D eigenvalue weighted by Gasteiger charge is -2.11. The van der Waals surface area contributed by atoms with Crippen LogP contribution in [0.3, 0.4) is 0 Å². The number of fused-ring (bicyclic) bond motifs is 2. The van der Waals surface area contributed by atoms with Crippen molar-refractivity contribution in [3.05, 3.63) is 60.2 Å². The number of nitrogens with zero attached hydrogens (tertiary/aromatic N) is 3. The number of nitrogens with one attached hydrogen (secondary N) is 1. The number of esters is 1. The number of amides is 1. The topological polar surface area (TPSA) is 86.1 Å². The van der Waals surface area contributed by atoms with Crippen LogP contribution in [0.1, 0.15) is 24.2 Å². The second kappa shape index (κ2) is 7.11. The molecule has 2 aromatic carbocycles. The highest BCUT2D eigenvalue weighted by molar-refractivity contribution is 6.11. The number of benzene rings is 2. The van der Waals surface area contributed by atoms with Gasteiger partial charge in [-0.25, -0.2) is 14.8 Å². The SMILES string of the molecule is CCOC(=O)c1c(NC(C)=O)n(-c2ccccc2)c2nc3ccccc3nc12. The Balaban J connectivity index is 2.15. The minimum Gasteiger partial charge on any atom is -0.462 e. The van der Waals surface area contributed by atoms with Crippen molar-refractivity contribution in [1.29, 1.82) is 0 Å². The molecular formula is C21H18N4O3. The number of carbonyl (C=O) groups excluding carboxylic acids is 2. The molecule has 0 bridgehead atoms. The molecule has 0 saturated carbocycles. The Hall–Kier alpha value is -3.74. The molecule has 0 unspecified atom stereocenters. The smallest absolute Gasteiger partial charge is 0.344 e. The molecule has 0 aliphatic heterocycles. The normalized spacial score (nSPS) is 10.9. The largest absolute Gasteiger partial charge is 0.462 e. The molecule has 7 heteroatoms. The van der Waals surface area contributed by atoms with Crippen molar-refractivity contribution in [2.24, 2.45) is 0 Å². The van der Waals surface area contributed by atoms with Gasteiger partial charge in [-0.05, 0) is 31.2 Å². The van der Waals surface area contributed by atoms with Crippen LogP contribution in [0.25, 0.3) is 27.9 Å². The van der Waals surface area contributed by atoms with Gasteiger partial charge in [0.05, 0.1) is 17.6 Å². The number of anilines is 1. The summed E-state index contributed by atoms with van der Waals surface area (Å²) in [7, 11) is 0. The lowest BCUT2D eigenvalue weighted by atomic mass is 10.2. The van der Waals surface area contributed by atoms with Crippen LogP contribution in [0.5, 0.6) is 0 Å². The zero-order valence-electron chi connectivity index (χ0n) is 15.5. The van der Waals surface area contributed by atoms with Crippen LogP contribution in [0.2, 0.25) is 0 Å². The molecule has 0 radical (unpaired) electrons. The number of rotatable bonds is 4. The molecule has 2 heterocycles. The van der Waals surface area contributed by atoms with E-state index < -0.39 is 5.97 Å². The van der Waals surface area contributed by atoms with E-state index in [4.69, 9.17) is 9.72 Å². The van der Waals surface area contributed by atoms with Crippen LogP contribution >= 0.6 is 0 Å². The van der Waals surface area contributed by atoms with E-state index in [0.29, 0.717) is 28.0 Å². The van der Waals surface area contributed by atoms with Crippen molar-refractivity contribution < 1.29 is 14.3 Å². The average molecular weight is 374 g/mol. The van der Waals surface area contributed by atoms with Crippen LogP contribution < -0.4 is 5.32 Å². The highest BCUT2D eigenvalue weighted by Gasteiger charge is 2.28. The summed E-state index contributed by atoms with van der Waals surface area (Å²) in [5.41, 5.74) is 3.13. The van der Waals surface area contributed by atoms with E-state index in [9.17, 15) is 9.59 Å². The van der Waals surface area contributed by atoms with Crippen molar-refractivity contribution in [3.8, 4) is 5.69 Å². The van der Waals surface area contributed by atoms with Gasteiger partial charge in [0.25, 0.3) is 0 Å². The van der Waals surface area contributed by atoms with Gasteiger partial charge in [0.1, 0.15) is 16.9 Å². The third kappa shape index (κ3) is 2.96. The number of hydrogen-bond donors (Lipinski definition) is 1. The van der Waals surface area contributed by atoms with Gasteiger partial charge in [0, 0.05) is 12.6 Å². The first-order chi connectivity index (χ1) is 13.6. The number of aromatic nitrogens is 3. The minimum atomic E-state index is -0.560. The summed E-state index contributed by atoms with van der Waals surface area (Å²) in [5, 5.41) is 2.77. The number of hydrogen-bond acceptors (Lipinski definition) is 5. The van der Waals surface area contributed by atoms with Crippen LogP contribution in [0, 0.1) is 0 Å². The van der Waals surface area contributed by atoms with Crippen molar-refractivity contribution >= 4 is 39.9 Å². The molecule has 1 amide bonds. The van der Waals surface area contributed by atoms with Crippen LogP contribution in [0.15, 0.2) is 54.6 Å². The average Bonchev–Trinajstić information content (AvgIpc) is 2.99. The Kier molecular flexibility index (Phi) is 4.49. The van der Waals surface area contributed by atoms with E-state index in [-0.39, 0.29) is 18.1 Å². The van der Waals surface area contributed by atoms with Gasteiger partial charge in [-0.2, -0.15) is 0 Å². The van der Waals surface area contributed by atoms with Gasteiger partial charge in [0.15, 0.2) is 5.65 Å². The maximum Gasteiger partial charge on any atom is 0.344 e. The van der Waals surface area contributed by atoms with E-state index in [2.05, 4.69) is 10.3 Å². The summed E-state index contributed by atoms with van der Waals surface area (Å²) >= 11 is 0. The quantitative estimate of drug-likeness (QED) is 0.550. The molecule has 140 valence electrons. The van der Waals surface area contributed by atoms with Gasteiger partial charge in [-0.15, -0.1) is 0 Å². The summed E-state index contributed by atoms with van der Waals surface area (Å²) in [4.78, 5) is 34.1. The summed E-state index contributed by atoms with van der Waals surface area (Å²) in [6.45, 7) is 3.32. The molecule has 7 nitrogen and oxygen atoms in total. The van der Waals surface area contributed by atoms with E-state index >= 15 is 0 Å². The molecule has 28 heavy (non-hydrogen) atoms. The molecule has 0 fully saturated rings. The Labute approximate surface area is 161 Å². The lowest BCUT2D eigenvalue weighted by molar-refractivity contribution is -0.114. The molecule has 2 aromatic heterocycles. The van der Waals surface area contributed by atoms with Gasteiger partial charge < -0.3 is 10.1 Å². The highest BCUT2D eigenvalue weighted by Crippen LogP contribution is 2.33. The monoisotopic (exact) mass is 374 g/mol. The maximum absolute atomic E-state index is 12.8. The summed E-state index contributed by atoms with van der Waals surface area (Å²) < 4.78 is 6.97. The van der Waals surface area contributed by atoms with Crippen molar-refractivity contribution in [3.63, 3.8) is 0 Å². The predicted octanol–water partition coefficient (Wildman–Crippen LogP) is 3.71. The molecule has 1 N–H and O–H groups in total. The highest BCUT2D eigenvalue weighted by atomic mass is 16.5. The van der Waals surface area contributed by atoms with E-state index in [0.717, 1.165) is 5.69 Å². The Morgan fingerprint density at radius 3 is 2.29 bits per heavy atom. The zero-order valence-corrected chi connectivity index (χ0v) is 15.5. The molecule has 0 spiro atoms. The zero-order chi connectivity index (χ0) is 19.7. The fourth-order valence-corrected chi connectivity index (χ4v) is 3.15. The summed E-state index contributed by atoms with van der Waals surface area (Å²) in [5.74, 6) is -0.576. The maximum atomic E-state index is 12.8. The summed E-state index contributed by atoms with van der Waals surface area (Å²) in [6, 6.07) is 16.8. The van der Waals surface area contributed by atoms with Crippen LogP contribution in [-0.2, 0) is 9.53 Å². The van der Waals surface area contributed by atoms with E-state index in [1.807, 2.05) is 54.6 Å². The van der Waals surface area contributed by atoms with Crippen molar-refractivity contribution in [2.75, 3.05) is 11.9 Å². The lowest BCUT2D eigenvalue weighted by Crippen LogP contribution is -2.15. The Morgan fingerprint density at radius 2 is 1.64 bits per heavy atom. The van der Waals surface area contributed by atoms with Gasteiger partial charge in [-0.3, -0.25) is 9.36 Å². The van der Waals surface area contributed by atoms with Crippen molar-refractivity contribution in [1.82, 2.24) is 14.5 Å². The fourth-order valence-electron chi connectivity index (χ4n) is 3.15. The van der Waals surface area contributed by atoms with Crippen LogP contribution in [0.4, 0.5) is 5.82 Å². The molecule has 0 saturated heterocycles. The van der Waals surface area contributed by atoms with E-state index in [1.165, 1.54) is 6.92 Å². The Morgan fingerprint density at radius 1 is 1.00 bits per heavy atom. The molecule has 0 atom stereocenters. The van der Waals surface area contributed by atoms with Crippen molar-refractivity contribution in [2.45, 2.75) is 13.8 Å². The van der Waals surface area contributed by atoms with Crippen LogP contribution in [-0.4, -0.2) is 33.0 Å². The predicted molar refractivity (Wildman–Crippen MR) is 107 cm³/mol. The molecule has 0 aliphatic rings. The van der Waals surface area contributed by atoms with E-state index in [1.54, 1.807) is 11.5 Å². The third-order valence-corrected chi connectivity index (χ3v) is 4.25. The standard InChI is InChI=1S/C21H18N4O3/c1-3-28-21(27)17-18-20(24-16-12-8-7-11-15(16)23-18)25(19(17)22-13(2)26)14-9-5-4-6-10-14/h4-12H,3H2,1-2H3,(H,22,26). The second-order valence-corrected chi connectivity index (χ2v) is 6.18. The number of para-hydroxylation sites is 3.